The maximum absolute atomic E-state index is 3.47. The van der Waals surface area contributed by atoms with Crippen molar-refractivity contribution in [3.05, 3.63) is 29.3 Å². The second-order valence-corrected chi connectivity index (χ2v) is 3.55. The van der Waals surface area contributed by atoms with E-state index < -0.39 is 0 Å². The Hall–Kier alpha value is -0.980. The molecule has 0 amide bonds. The number of hydrogen-bond acceptors (Lipinski definition) is 1. The Labute approximate surface area is 73.8 Å². The Morgan fingerprint density at radius 2 is 2.33 bits per heavy atom. The van der Waals surface area contributed by atoms with Crippen LogP contribution in [0.1, 0.15) is 25.0 Å². The predicted octanol–water partition coefficient (Wildman–Crippen LogP) is 2.61. The highest BCUT2D eigenvalue weighted by molar-refractivity contribution is 5.59. The van der Waals surface area contributed by atoms with Gasteiger partial charge in [0.1, 0.15) is 0 Å². The molecule has 1 aliphatic heterocycles. The molecule has 1 nitrogen and oxygen atoms in total. The molecule has 12 heavy (non-hydrogen) atoms. The van der Waals surface area contributed by atoms with Crippen molar-refractivity contribution in [1.82, 2.24) is 0 Å². The van der Waals surface area contributed by atoms with Crippen LogP contribution in [-0.2, 0) is 12.8 Å². The van der Waals surface area contributed by atoms with Crippen LogP contribution >= 0.6 is 0 Å². The molecule has 1 aromatic carbocycles. The fourth-order valence-electron chi connectivity index (χ4n) is 1.96. The van der Waals surface area contributed by atoms with Crippen LogP contribution in [-0.4, -0.2) is 6.04 Å². The summed E-state index contributed by atoms with van der Waals surface area (Å²) in [6.45, 7) is 4.46. The molecule has 0 aliphatic carbocycles. The minimum absolute atomic E-state index is 0.618. The van der Waals surface area contributed by atoms with Gasteiger partial charge in [-0.3, -0.25) is 0 Å². The number of anilines is 1. The van der Waals surface area contributed by atoms with E-state index in [1.165, 1.54) is 23.2 Å². The molecule has 0 fully saturated rings. The van der Waals surface area contributed by atoms with E-state index >= 15 is 0 Å². The summed E-state index contributed by atoms with van der Waals surface area (Å²) < 4.78 is 0. The lowest BCUT2D eigenvalue weighted by atomic mass is 10.0. The molecular formula is C11H15N. The average Bonchev–Trinajstić information content (AvgIpc) is 2.44. The van der Waals surface area contributed by atoms with E-state index in [-0.39, 0.29) is 0 Å². The van der Waals surface area contributed by atoms with Gasteiger partial charge in [-0.25, -0.2) is 0 Å². The molecular weight excluding hydrogens is 146 g/mol. The lowest BCUT2D eigenvalue weighted by Crippen LogP contribution is -2.08. The van der Waals surface area contributed by atoms with Crippen LogP contribution in [0.5, 0.6) is 0 Å². The Morgan fingerprint density at radius 1 is 1.50 bits per heavy atom. The maximum atomic E-state index is 3.47. The SMILES string of the molecule is CCc1cccc2c1C[C@H](C)N2. The van der Waals surface area contributed by atoms with E-state index in [1.807, 2.05) is 0 Å². The minimum Gasteiger partial charge on any atom is -0.382 e. The molecule has 2 rings (SSSR count). The number of fused-ring (bicyclic) bond motifs is 1. The first kappa shape index (κ1) is 7.66. The fraction of sp³-hybridized carbons (Fsp3) is 0.455. The smallest absolute Gasteiger partial charge is 0.0378 e. The lowest BCUT2D eigenvalue weighted by molar-refractivity contribution is 0.832. The zero-order valence-electron chi connectivity index (χ0n) is 7.72. The third kappa shape index (κ3) is 1.09. The summed E-state index contributed by atoms with van der Waals surface area (Å²) >= 11 is 0. The largest absolute Gasteiger partial charge is 0.382 e. The summed E-state index contributed by atoms with van der Waals surface area (Å²) in [5.41, 5.74) is 4.39. The maximum Gasteiger partial charge on any atom is 0.0378 e. The molecule has 1 atom stereocenters. The van der Waals surface area contributed by atoms with Gasteiger partial charge in [0.05, 0.1) is 0 Å². The van der Waals surface area contributed by atoms with Gasteiger partial charge in [-0.15, -0.1) is 0 Å². The molecule has 0 bridgehead atoms. The van der Waals surface area contributed by atoms with E-state index in [9.17, 15) is 0 Å². The van der Waals surface area contributed by atoms with Gasteiger partial charge in [-0.1, -0.05) is 19.1 Å². The molecule has 1 aromatic rings. The summed E-state index contributed by atoms with van der Waals surface area (Å²) in [4.78, 5) is 0. The molecule has 0 saturated carbocycles. The van der Waals surface area contributed by atoms with E-state index in [1.54, 1.807) is 0 Å². The molecule has 1 heteroatoms. The minimum atomic E-state index is 0.618. The van der Waals surface area contributed by atoms with Gasteiger partial charge in [0.2, 0.25) is 0 Å². The van der Waals surface area contributed by atoms with Crippen molar-refractivity contribution in [2.45, 2.75) is 32.7 Å². The molecule has 1 heterocycles. The third-order valence-corrected chi connectivity index (χ3v) is 2.57. The van der Waals surface area contributed by atoms with Crippen LogP contribution in [0.3, 0.4) is 0 Å². The van der Waals surface area contributed by atoms with Crippen LogP contribution in [0.15, 0.2) is 18.2 Å². The Bertz CT molecular complexity index is 291. The zero-order valence-corrected chi connectivity index (χ0v) is 7.72. The van der Waals surface area contributed by atoms with E-state index in [0.717, 1.165) is 6.42 Å². The average molecular weight is 161 g/mol. The van der Waals surface area contributed by atoms with Crippen LogP contribution < -0.4 is 5.32 Å². The zero-order chi connectivity index (χ0) is 8.55. The van der Waals surface area contributed by atoms with Crippen molar-refractivity contribution in [3.8, 4) is 0 Å². The molecule has 64 valence electrons. The highest BCUT2D eigenvalue weighted by Gasteiger charge is 2.17. The normalized spacial score (nSPS) is 20.3. The molecule has 1 N–H and O–H groups in total. The van der Waals surface area contributed by atoms with Gasteiger partial charge in [0, 0.05) is 11.7 Å². The Morgan fingerprint density at radius 3 is 3.08 bits per heavy atom. The summed E-state index contributed by atoms with van der Waals surface area (Å²) in [6.07, 6.45) is 2.34. The molecule has 1 aliphatic rings. The summed E-state index contributed by atoms with van der Waals surface area (Å²) in [5.74, 6) is 0. The topological polar surface area (TPSA) is 12.0 Å². The molecule has 0 aromatic heterocycles. The van der Waals surface area contributed by atoms with Crippen molar-refractivity contribution in [2.24, 2.45) is 0 Å². The Kier molecular flexibility index (Phi) is 1.80. The molecule has 0 unspecified atom stereocenters. The molecule has 0 saturated heterocycles. The fourth-order valence-corrected chi connectivity index (χ4v) is 1.96. The second kappa shape index (κ2) is 2.81. The van der Waals surface area contributed by atoms with Crippen molar-refractivity contribution in [1.29, 1.82) is 0 Å². The van der Waals surface area contributed by atoms with Gasteiger partial charge in [-0.05, 0) is 37.0 Å². The quantitative estimate of drug-likeness (QED) is 0.667. The Balaban J connectivity index is 2.44. The molecule has 0 spiro atoms. The van der Waals surface area contributed by atoms with Crippen molar-refractivity contribution < 1.29 is 0 Å². The second-order valence-electron chi connectivity index (χ2n) is 3.55. The van der Waals surface area contributed by atoms with Gasteiger partial charge >= 0.3 is 0 Å². The standard InChI is InChI=1S/C11H15N/c1-3-9-5-4-6-11-10(9)7-8(2)12-11/h4-6,8,12H,3,7H2,1-2H3/t8-/m0/s1. The summed E-state index contributed by atoms with van der Waals surface area (Å²) in [7, 11) is 0. The summed E-state index contributed by atoms with van der Waals surface area (Å²) in [6, 6.07) is 7.17. The molecule has 0 radical (unpaired) electrons. The third-order valence-electron chi connectivity index (χ3n) is 2.57. The first-order valence-corrected chi connectivity index (χ1v) is 4.68. The number of aryl methyl sites for hydroxylation is 1. The van der Waals surface area contributed by atoms with E-state index in [2.05, 4.69) is 37.4 Å². The lowest BCUT2D eigenvalue weighted by Gasteiger charge is -2.03. The van der Waals surface area contributed by atoms with Crippen LogP contribution in [0.25, 0.3) is 0 Å². The number of benzene rings is 1. The highest BCUT2D eigenvalue weighted by atomic mass is 14.9. The number of hydrogen-bond donors (Lipinski definition) is 1. The van der Waals surface area contributed by atoms with Crippen LogP contribution in [0.2, 0.25) is 0 Å². The van der Waals surface area contributed by atoms with Crippen molar-refractivity contribution >= 4 is 5.69 Å². The van der Waals surface area contributed by atoms with Crippen LogP contribution in [0.4, 0.5) is 5.69 Å². The van der Waals surface area contributed by atoms with E-state index in [4.69, 9.17) is 0 Å². The van der Waals surface area contributed by atoms with Gasteiger partial charge in [0.15, 0.2) is 0 Å². The summed E-state index contributed by atoms with van der Waals surface area (Å²) in [5, 5.41) is 3.47. The predicted molar refractivity (Wildman–Crippen MR) is 52.6 cm³/mol. The first-order valence-electron chi connectivity index (χ1n) is 4.68. The van der Waals surface area contributed by atoms with Crippen molar-refractivity contribution in [3.63, 3.8) is 0 Å². The van der Waals surface area contributed by atoms with Gasteiger partial charge in [-0.2, -0.15) is 0 Å². The van der Waals surface area contributed by atoms with Gasteiger partial charge < -0.3 is 5.32 Å². The van der Waals surface area contributed by atoms with Gasteiger partial charge in [0.25, 0.3) is 0 Å². The first-order chi connectivity index (χ1) is 5.81. The monoisotopic (exact) mass is 161 g/mol. The van der Waals surface area contributed by atoms with E-state index in [0.29, 0.717) is 6.04 Å². The van der Waals surface area contributed by atoms with Crippen LogP contribution in [0, 0.1) is 0 Å². The number of nitrogens with one attached hydrogen (secondary N) is 1. The highest BCUT2D eigenvalue weighted by Crippen LogP contribution is 2.28. The number of rotatable bonds is 1. The van der Waals surface area contributed by atoms with Crippen molar-refractivity contribution in [2.75, 3.05) is 5.32 Å².